The van der Waals surface area contributed by atoms with Gasteiger partial charge in [0.15, 0.2) is 6.10 Å². The highest BCUT2D eigenvalue weighted by Gasteiger charge is 2.19. The van der Waals surface area contributed by atoms with Gasteiger partial charge in [0.1, 0.15) is 13.2 Å². The van der Waals surface area contributed by atoms with Crippen LogP contribution in [0.2, 0.25) is 0 Å². The summed E-state index contributed by atoms with van der Waals surface area (Å²) in [4.78, 5) is 38.0. The minimum absolute atomic E-state index is 0.0770. The Morgan fingerprint density at radius 3 is 0.855 bits per heavy atom. The lowest BCUT2D eigenvalue weighted by Crippen LogP contribution is -2.30. The largest absolute Gasteiger partial charge is 0.462 e. The molecule has 0 aliphatic rings. The lowest BCUT2D eigenvalue weighted by Gasteiger charge is -2.18. The van der Waals surface area contributed by atoms with Gasteiger partial charge < -0.3 is 14.2 Å². The molecule has 0 aromatic carbocycles. The predicted molar refractivity (Wildman–Crippen MR) is 266 cm³/mol. The normalized spacial score (nSPS) is 12.2. The van der Waals surface area contributed by atoms with Crippen LogP contribution >= 0.6 is 0 Å². The van der Waals surface area contributed by atoms with Crippen molar-refractivity contribution in [3.63, 3.8) is 0 Å². The molecule has 0 radical (unpaired) electrons. The van der Waals surface area contributed by atoms with E-state index < -0.39 is 6.10 Å². The first-order chi connectivity index (χ1) is 30.5. The van der Waals surface area contributed by atoms with E-state index in [-0.39, 0.29) is 31.1 Å². The quantitative estimate of drug-likeness (QED) is 0.0262. The van der Waals surface area contributed by atoms with Crippen LogP contribution in [0.4, 0.5) is 0 Å². The van der Waals surface area contributed by atoms with Crippen LogP contribution in [0, 0.1) is 0 Å². The second kappa shape index (κ2) is 51.3. The molecular weight excluding hydrogens is 769 g/mol. The van der Waals surface area contributed by atoms with Crippen LogP contribution in [0.3, 0.4) is 0 Å². The van der Waals surface area contributed by atoms with Gasteiger partial charge >= 0.3 is 17.9 Å². The Morgan fingerprint density at radius 2 is 0.532 bits per heavy atom. The van der Waals surface area contributed by atoms with Crippen molar-refractivity contribution in [1.82, 2.24) is 0 Å². The molecule has 0 saturated carbocycles. The Labute approximate surface area is 385 Å². The van der Waals surface area contributed by atoms with Gasteiger partial charge in [0.25, 0.3) is 0 Å². The Bertz CT molecular complexity index is 1050. The highest BCUT2D eigenvalue weighted by Crippen LogP contribution is 2.15. The monoisotopic (exact) mass is 871 g/mol. The van der Waals surface area contributed by atoms with E-state index in [2.05, 4.69) is 57.2 Å². The minimum Gasteiger partial charge on any atom is -0.462 e. The molecule has 0 N–H and O–H groups in total. The van der Waals surface area contributed by atoms with Gasteiger partial charge in [0, 0.05) is 19.3 Å². The summed E-state index contributed by atoms with van der Waals surface area (Å²) in [5, 5.41) is 0. The molecule has 0 amide bonds. The second-order valence-corrected chi connectivity index (χ2v) is 18.1. The molecule has 0 aromatic heterocycles. The molecule has 0 aromatic rings. The van der Waals surface area contributed by atoms with Gasteiger partial charge in [-0.25, -0.2) is 0 Å². The fourth-order valence-electron chi connectivity index (χ4n) is 7.72. The van der Waals surface area contributed by atoms with Crippen LogP contribution in [0.1, 0.15) is 284 Å². The smallest absolute Gasteiger partial charge is 0.306 e. The fraction of sp³-hybridized carbons (Fsp3) is 0.839. The maximum atomic E-state index is 12.8. The summed E-state index contributed by atoms with van der Waals surface area (Å²) in [6.45, 7) is 6.61. The highest BCUT2D eigenvalue weighted by molar-refractivity contribution is 5.71. The zero-order valence-corrected chi connectivity index (χ0v) is 41.4. The van der Waals surface area contributed by atoms with E-state index in [9.17, 15) is 14.4 Å². The zero-order valence-electron chi connectivity index (χ0n) is 41.4. The van der Waals surface area contributed by atoms with Crippen molar-refractivity contribution in [2.45, 2.75) is 290 Å². The number of carbonyl (C=O) groups excluding carboxylic acids is 3. The van der Waals surface area contributed by atoms with Crippen LogP contribution in [0.5, 0.6) is 0 Å². The Kier molecular flexibility index (Phi) is 49.3. The van der Waals surface area contributed by atoms with Gasteiger partial charge in [-0.1, -0.05) is 205 Å². The zero-order chi connectivity index (χ0) is 45.1. The fourth-order valence-corrected chi connectivity index (χ4v) is 7.72. The molecule has 0 spiro atoms. The van der Waals surface area contributed by atoms with Crippen LogP contribution in [-0.4, -0.2) is 37.2 Å². The number of ether oxygens (including phenoxy) is 3. The molecule has 362 valence electrons. The Morgan fingerprint density at radius 1 is 0.306 bits per heavy atom. The lowest BCUT2D eigenvalue weighted by molar-refractivity contribution is -0.167. The molecule has 0 rings (SSSR count). The summed E-state index contributed by atoms with van der Waals surface area (Å²) in [7, 11) is 0. The van der Waals surface area contributed by atoms with Gasteiger partial charge in [-0.3, -0.25) is 14.4 Å². The van der Waals surface area contributed by atoms with Gasteiger partial charge in [-0.05, 0) is 96.3 Å². The highest BCUT2D eigenvalue weighted by atomic mass is 16.6. The van der Waals surface area contributed by atoms with Crippen molar-refractivity contribution in [2.75, 3.05) is 13.2 Å². The molecule has 1 atom stereocenters. The van der Waals surface area contributed by atoms with E-state index in [1.165, 1.54) is 180 Å². The minimum atomic E-state index is -0.777. The summed E-state index contributed by atoms with van der Waals surface area (Å²) in [6, 6.07) is 0. The molecule has 0 bridgehead atoms. The third-order valence-corrected chi connectivity index (χ3v) is 11.8. The van der Waals surface area contributed by atoms with E-state index >= 15 is 0 Å². The molecule has 0 aliphatic carbocycles. The number of hydrogen-bond acceptors (Lipinski definition) is 6. The average molecular weight is 871 g/mol. The molecule has 62 heavy (non-hydrogen) atoms. The third kappa shape index (κ3) is 48.7. The van der Waals surface area contributed by atoms with E-state index in [1.807, 2.05) is 0 Å². The first-order valence-electron chi connectivity index (χ1n) is 27.0. The van der Waals surface area contributed by atoms with Crippen LogP contribution in [0.15, 0.2) is 36.5 Å². The SMILES string of the molecule is CCCCC/C=C\CCCCCCCC(=O)OCC(COC(=O)CCCCCCCCC/C=C\CCCCCCCC)OC(=O)CCCCCCCCC/C=C\CCCCCC. The maximum absolute atomic E-state index is 12.8. The average Bonchev–Trinajstić information content (AvgIpc) is 3.27. The predicted octanol–water partition coefficient (Wildman–Crippen LogP) is 17.7. The molecular formula is C56H102O6. The number of allylic oxidation sites excluding steroid dienone is 6. The van der Waals surface area contributed by atoms with Gasteiger partial charge in [0.2, 0.25) is 0 Å². The van der Waals surface area contributed by atoms with Crippen molar-refractivity contribution in [2.24, 2.45) is 0 Å². The molecule has 0 saturated heterocycles. The summed E-state index contributed by atoms with van der Waals surface area (Å²) in [5.41, 5.74) is 0. The van der Waals surface area contributed by atoms with Crippen LogP contribution in [0.25, 0.3) is 0 Å². The standard InChI is InChI=1S/C56H102O6/c1-4-7-10-13-16-19-22-25-27-28-30-31-34-37-40-43-46-49-55(58)61-52-53(51-60-54(57)48-45-42-39-36-33-24-21-18-15-12-9-6-3)62-56(59)50-47-44-41-38-35-32-29-26-23-20-17-14-11-8-5-2/h18,20-21,23,25,27,53H,4-17,19,22,24,26,28-52H2,1-3H3/b21-18-,23-20-,27-25-. The number of rotatable bonds is 49. The van der Waals surface area contributed by atoms with Crippen molar-refractivity contribution < 1.29 is 28.6 Å². The maximum Gasteiger partial charge on any atom is 0.306 e. The molecule has 6 nitrogen and oxygen atoms in total. The summed E-state index contributed by atoms with van der Waals surface area (Å²) in [6.07, 6.45) is 59.8. The Balaban J connectivity index is 4.36. The number of esters is 3. The van der Waals surface area contributed by atoms with Crippen LogP contribution in [-0.2, 0) is 28.6 Å². The van der Waals surface area contributed by atoms with Crippen molar-refractivity contribution in [3.05, 3.63) is 36.5 Å². The first-order valence-corrected chi connectivity index (χ1v) is 27.0. The summed E-state index contributed by atoms with van der Waals surface area (Å²) >= 11 is 0. The number of unbranched alkanes of at least 4 members (excludes halogenated alkanes) is 32. The van der Waals surface area contributed by atoms with Crippen molar-refractivity contribution in [1.29, 1.82) is 0 Å². The van der Waals surface area contributed by atoms with Gasteiger partial charge in [-0.15, -0.1) is 0 Å². The van der Waals surface area contributed by atoms with Gasteiger partial charge in [-0.2, -0.15) is 0 Å². The summed E-state index contributed by atoms with van der Waals surface area (Å²) in [5.74, 6) is -0.884. The Hall–Kier alpha value is -2.37. The molecule has 0 fully saturated rings. The molecule has 0 aliphatic heterocycles. The first kappa shape index (κ1) is 59.6. The van der Waals surface area contributed by atoms with Crippen molar-refractivity contribution >= 4 is 17.9 Å². The van der Waals surface area contributed by atoms with Crippen molar-refractivity contribution in [3.8, 4) is 0 Å². The number of hydrogen-bond donors (Lipinski definition) is 0. The van der Waals surface area contributed by atoms with E-state index in [4.69, 9.17) is 14.2 Å². The summed E-state index contributed by atoms with van der Waals surface area (Å²) < 4.78 is 16.8. The van der Waals surface area contributed by atoms with Crippen LogP contribution < -0.4 is 0 Å². The molecule has 0 heterocycles. The second-order valence-electron chi connectivity index (χ2n) is 18.1. The lowest BCUT2D eigenvalue weighted by atomic mass is 10.1. The third-order valence-electron chi connectivity index (χ3n) is 11.8. The number of carbonyl (C=O) groups is 3. The molecule has 1 unspecified atom stereocenters. The van der Waals surface area contributed by atoms with Gasteiger partial charge in [0.05, 0.1) is 0 Å². The molecule has 6 heteroatoms. The van der Waals surface area contributed by atoms with E-state index in [1.54, 1.807) is 0 Å². The topological polar surface area (TPSA) is 78.9 Å². The van der Waals surface area contributed by atoms with E-state index in [0.717, 1.165) is 64.2 Å². The van der Waals surface area contributed by atoms with E-state index in [0.29, 0.717) is 19.3 Å².